The van der Waals surface area contributed by atoms with Crippen LogP contribution in [0.15, 0.2) is 28.6 Å². The summed E-state index contributed by atoms with van der Waals surface area (Å²) in [5, 5.41) is 19.7. The van der Waals surface area contributed by atoms with Gasteiger partial charge in [-0.25, -0.2) is 4.39 Å². The van der Waals surface area contributed by atoms with Gasteiger partial charge in [0.25, 0.3) is 0 Å². The predicted octanol–water partition coefficient (Wildman–Crippen LogP) is 3.42. The highest BCUT2D eigenvalue weighted by Gasteiger charge is 2.10. The standard InChI is InChI=1S/C11H9FN4S2/c1-7(6-13)17-11-16-15-10(18-11)14-9-5-3-2-4-8(9)12/h2-5,7H,1H3,(H,14,15)/t7-/m0/s1. The molecule has 0 fully saturated rings. The van der Waals surface area contributed by atoms with Crippen molar-refractivity contribution in [2.24, 2.45) is 0 Å². The topological polar surface area (TPSA) is 61.6 Å². The molecule has 0 aliphatic rings. The summed E-state index contributed by atoms with van der Waals surface area (Å²) in [6.07, 6.45) is 0. The summed E-state index contributed by atoms with van der Waals surface area (Å²) in [4.78, 5) is 0. The van der Waals surface area contributed by atoms with Gasteiger partial charge in [-0.05, 0) is 19.1 Å². The van der Waals surface area contributed by atoms with Crippen LogP contribution in [0.3, 0.4) is 0 Å². The summed E-state index contributed by atoms with van der Waals surface area (Å²) < 4.78 is 14.1. The van der Waals surface area contributed by atoms with Crippen LogP contribution in [0, 0.1) is 17.1 Å². The summed E-state index contributed by atoms with van der Waals surface area (Å²) in [7, 11) is 0. The highest BCUT2D eigenvalue weighted by atomic mass is 32.2. The fourth-order valence-electron chi connectivity index (χ4n) is 1.16. The largest absolute Gasteiger partial charge is 0.328 e. The van der Waals surface area contributed by atoms with Gasteiger partial charge in [-0.2, -0.15) is 5.26 Å². The molecule has 18 heavy (non-hydrogen) atoms. The Morgan fingerprint density at radius 1 is 1.44 bits per heavy atom. The van der Waals surface area contributed by atoms with Crippen LogP contribution in [-0.2, 0) is 0 Å². The Morgan fingerprint density at radius 2 is 2.22 bits per heavy atom. The molecular weight excluding hydrogens is 271 g/mol. The van der Waals surface area contributed by atoms with Crippen LogP contribution >= 0.6 is 23.1 Å². The number of hydrogen-bond donors (Lipinski definition) is 1. The molecule has 1 N–H and O–H groups in total. The van der Waals surface area contributed by atoms with E-state index in [1.165, 1.54) is 29.2 Å². The molecule has 0 unspecified atom stereocenters. The molecule has 0 saturated heterocycles. The lowest BCUT2D eigenvalue weighted by Crippen LogP contribution is -1.92. The molecule has 0 amide bonds. The Hall–Kier alpha value is -1.65. The summed E-state index contributed by atoms with van der Waals surface area (Å²) >= 11 is 2.62. The van der Waals surface area contributed by atoms with Gasteiger partial charge in [-0.3, -0.25) is 0 Å². The van der Waals surface area contributed by atoms with Gasteiger partial charge in [-0.1, -0.05) is 35.2 Å². The first-order valence-electron chi connectivity index (χ1n) is 5.10. The predicted molar refractivity (Wildman–Crippen MR) is 70.5 cm³/mol. The SMILES string of the molecule is C[C@@H](C#N)Sc1nnc(Nc2ccccc2F)s1. The summed E-state index contributed by atoms with van der Waals surface area (Å²) in [6, 6.07) is 8.46. The molecule has 0 radical (unpaired) electrons. The smallest absolute Gasteiger partial charge is 0.210 e. The van der Waals surface area contributed by atoms with E-state index < -0.39 is 0 Å². The van der Waals surface area contributed by atoms with Crippen molar-refractivity contribution in [3.8, 4) is 6.07 Å². The molecule has 7 heteroatoms. The van der Waals surface area contributed by atoms with Crippen molar-refractivity contribution in [2.45, 2.75) is 16.5 Å². The van der Waals surface area contributed by atoms with E-state index in [2.05, 4.69) is 21.6 Å². The van der Waals surface area contributed by atoms with Crippen LogP contribution in [0.2, 0.25) is 0 Å². The lowest BCUT2D eigenvalue weighted by molar-refractivity contribution is 0.632. The van der Waals surface area contributed by atoms with E-state index in [0.717, 1.165) is 0 Å². The van der Waals surface area contributed by atoms with Gasteiger partial charge in [-0.15, -0.1) is 10.2 Å². The molecule has 1 aromatic heterocycles. The third kappa shape index (κ3) is 3.18. The Morgan fingerprint density at radius 3 is 2.94 bits per heavy atom. The van der Waals surface area contributed by atoms with Crippen LogP contribution < -0.4 is 5.32 Å². The van der Waals surface area contributed by atoms with E-state index in [9.17, 15) is 4.39 Å². The number of para-hydroxylation sites is 1. The first-order valence-corrected chi connectivity index (χ1v) is 6.80. The molecule has 1 aromatic carbocycles. The lowest BCUT2D eigenvalue weighted by atomic mass is 10.3. The molecule has 1 heterocycles. The van der Waals surface area contributed by atoms with Gasteiger partial charge in [0.1, 0.15) is 5.82 Å². The summed E-state index contributed by atoms with van der Waals surface area (Å²) in [5.74, 6) is -0.340. The van der Waals surface area contributed by atoms with E-state index >= 15 is 0 Å². The molecule has 0 saturated carbocycles. The van der Waals surface area contributed by atoms with Crippen LogP contribution in [0.4, 0.5) is 15.2 Å². The first kappa shape index (κ1) is 12.8. The van der Waals surface area contributed by atoms with Gasteiger partial charge in [0.2, 0.25) is 5.13 Å². The highest BCUT2D eigenvalue weighted by molar-refractivity contribution is 8.01. The van der Waals surface area contributed by atoms with Crippen molar-refractivity contribution < 1.29 is 4.39 Å². The van der Waals surface area contributed by atoms with Gasteiger partial charge >= 0.3 is 0 Å². The number of thioether (sulfide) groups is 1. The molecule has 0 aliphatic heterocycles. The molecule has 0 bridgehead atoms. The Labute approximate surface area is 112 Å². The third-order valence-electron chi connectivity index (χ3n) is 1.98. The molecule has 2 rings (SSSR count). The van der Waals surface area contributed by atoms with Gasteiger partial charge in [0.05, 0.1) is 17.0 Å². The maximum absolute atomic E-state index is 13.4. The molecule has 4 nitrogen and oxygen atoms in total. The second-order valence-corrected chi connectivity index (χ2v) is 5.93. The van der Waals surface area contributed by atoms with E-state index in [0.29, 0.717) is 15.2 Å². The number of nitrogens with one attached hydrogen (secondary N) is 1. The highest BCUT2D eigenvalue weighted by Crippen LogP contribution is 2.30. The maximum Gasteiger partial charge on any atom is 0.210 e. The van der Waals surface area contributed by atoms with Gasteiger partial charge < -0.3 is 5.32 Å². The number of halogens is 1. The normalized spacial score (nSPS) is 11.8. The second kappa shape index (κ2) is 5.80. The van der Waals surface area contributed by atoms with Crippen molar-refractivity contribution in [1.29, 1.82) is 5.26 Å². The Balaban J connectivity index is 2.08. The quantitative estimate of drug-likeness (QED) is 0.869. The van der Waals surface area contributed by atoms with Crippen molar-refractivity contribution in [1.82, 2.24) is 10.2 Å². The fraction of sp³-hybridized carbons (Fsp3) is 0.182. The maximum atomic E-state index is 13.4. The minimum absolute atomic E-state index is 0.181. The number of hydrogen-bond acceptors (Lipinski definition) is 6. The summed E-state index contributed by atoms with van der Waals surface area (Å²) in [5.41, 5.74) is 0.360. The van der Waals surface area contributed by atoms with Crippen molar-refractivity contribution in [3.05, 3.63) is 30.1 Å². The zero-order valence-electron chi connectivity index (χ0n) is 9.42. The lowest BCUT2D eigenvalue weighted by Gasteiger charge is -2.01. The van der Waals surface area contributed by atoms with Crippen LogP contribution in [0.5, 0.6) is 0 Å². The van der Waals surface area contributed by atoms with E-state index in [4.69, 9.17) is 5.26 Å². The average molecular weight is 280 g/mol. The molecule has 2 aromatic rings. The van der Waals surface area contributed by atoms with Crippen LogP contribution in [-0.4, -0.2) is 15.4 Å². The second-order valence-electron chi connectivity index (χ2n) is 3.37. The number of rotatable bonds is 4. The minimum atomic E-state index is -0.340. The van der Waals surface area contributed by atoms with Crippen molar-refractivity contribution in [3.63, 3.8) is 0 Å². The van der Waals surface area contributed by atoms with E-state index in [-0.39, 0.29) is 11.1 Å². The molecule has 1 atom stereocenters. The number of benzene rings is 1. The van der Waals surface area contributed by atoms with Crippen LogP contribution in [0.25, 0.3) is 0 Å². The molecule has 0 aliphatic carbocycles. The monoisotopic (exact) mass is 280 g/mol. The number of nitriles is 1. The van der Waals surface area contributed by atoms with E-state index in [1.807, 2.05) is 0 Å². The zero-order valence-corrected chi connectivity index (χ0v) is 11.1. The van der Waals surface area contributed by atoms with Crippen molar-refractivity contribution in [2.75, 3.05) is 5.32 Å². The first-order chi connectivity index (χ1) is 8.69. The number of anilines is 2. The van der Waals surface area contributed by atoms with Gasteiger partial charge in [0, 0.05) is 0 Å². The summed E-state index contributed by atoms with van der Waals surface area (Å²) in [6.45, 7) is 1.79. The number of nitrogens with zero attached hydrogens (tertiary/aromatic N) is 3. The molecule has 92 valence electrons. The van der Waals surface area contributed by atoms with Crippen LogP contribution in [0.1, 0.15) is 6.92 Å². The minimum Gasteiger partial charge on any atom is -0.328 e. The zero-order chi connectivity index (χ0) is 13.0. The average Bonchev–Trinajstić information content (AvgIpc) is 2.79. The number of aromatic nitrogens is 2. The molecular formula is C11H9FN4S2. The Kier molecular flexibility index (Phi) is 4.12. The van der Waals surface area contributed by atoms with Gasteiger partial charge in [0.15, 0.2) is 4.34 Å². The molecule has 0 spiro atoms. The Bertz CT molecular complexity index is 578. The fourth-order valence-corrected chi connectivity index (χ4v) is 2.96. The van der Waals surface area contributed by atoms with E-state index in [1.54, 1.807) is 25.1 Å². The third-order valence-corrected chi connectivity index (χ3v) is 3.90. The van der Waals surface area contributed by atoms with Crippen molar-refractivity contribution >= 4 is 33.9 Å².